The highest BCUT2D eigenvalue weighted by molar-refractivity contribution is 7.14. The summed E-state index contributed by atoms with van der Waals surface area (Å²) >= 11 is 1.35. The van der Waals surface area contributed by atoms with Crippen molar-refractivity contribution in [2.45, 2.75) is 13.5 Å². The second-order valence-corrected chi connectivity index (χ2v) is 7.83. The number of carbonyl (C=O) groups excluding carboxylic acids is 4. The molecule has 2 aliphatic rings. The van der Waals surface area contributed by atoms with Crippen molar-refractivity contribution in [3.05, 3.63) is 21.9 Å². The van der Waals surface area contributed by atoms with Gasteiger partial charge in [-0.1, -0.05) is 0 Å². The lowest BCUT2D eigenvalue weighted by molar-refractivity contribution is -0.154. The molecule has 2 aliphatic heterocycles. The number of amides is 4. The highest BCUT2D eigenvalue weighted by atomic mass is 32.1. The van der Waals surface area contributed by atoms with Gasteiger partial charge in [0.05, 0.1) is 24.6 Å². The molecule has 0 spiro atoms. The molecule has 0 unspecified atom stereocenters. The van der Waals surface area contributed by atoms with Crippen LogP contribution in [0.4, 0.5) is 0 Å². The van der Waals surface area contributed by atoms with Crippen LogP contribution in [0.15, 0.2) is 12.1 Å². The van der Waals surface area contributed by atoms with Gasteiger partial charge in [0, 0.05) is 51.1 Å². The van der Waals surface area contributed by atoms with Gasteiger partial charge in [-0.05, 0) is 12.1 Å². The smallest absolute Gasteiger partial charge is 0.312 e. The first kappa shape index (κ1) is 20.3. The van der Waals surface area contributed by atoms with Gasteiger partial charge in [0.25, 0.3) is 5.91 Å². The standard InChI is InChI=1S/C18H24N4O5S/c1-13(23)19-12-14-2-3-15(28-14)16(24)20-4-6-21(7-5-20)17(25)18(26)22-8-10-27-11-9-22/h2-3H,4-12H2,1H3,(H,19,23). The predicted octanol–water partition coefficient (Wildman–Crippen LogP) is -0.473. The van der Waals surface area contributed by atoms with Crippen molar-refractivity contribution in [2.75, 3.05) is 52.5 Å². The van der Waals surface area contributed by atoms with E-state index in [0.717, 1.165) is 4.88 Å². The normalized spacial score (nSPS) is 17.4. The van der Waals surface area contributed by atoms with Gasteiger partial charge in [0.15, 0.2) is 0 Å². The van der Waals surface area contributed by atoms with Crippen molar-refractivity contribution >= 4 is 35.0 Å². The molecule has 152 valence electrons. The third-order valence-corrected chi connectivity index (χ3v) is 5.79. The van der Waals surface area contributed by atoms with Gasteiger partial charge in [0.2, 0.25) is 5.91 Å². The van der Waals surface area contributed by atoms with E-state index in [4.69, 9.17) is 4.74 Å². The van der Waals surface area contributed by atoms with E-state index < -0.39 is 11.8 Å². The monoisotopic (exact) mass is 408 g/mol. The molecule has 0 aliphatic carbocycles. The van der Waals surface area contributed by atoms with Crippen LogP contribution in [0.5, 0.6) is 0 Å². The average Bonchev–Trinajstić information content (AvgIpc) is 3.20. The average molecular weight is 408 g/mol. The number of hydrogen-bond donors (Lipinski definition) is 1. The molecule has 0 atom stereocenters. The summed E-state index contributed by atoms with van der Waals surface area (Å²) < 4.78 is 5.20. The Bertz CT molecular complexity index is 751. The maximum atomic E-state index is 12.7. The number of thiophene rings is 1. The maximum Gasteiger partial charge on any atom is 0.312 e. The maximum absolute atomic E-state index is 12.7. The Balaban J connectivity index is 1.50. The van der Waals surface area contributed by atoms with Gasteiger partial charge >= 0.3 is 11.8 Å². The van der Waals surface area contributed by atoms with Crippen LogP contribution in [0, 0.1) is 0 Å². The van der Waals surface area contributed by atoms with Gasteiger partial charge in [-0.15, -0.1) is 11.3 Å². The molecule has 0 saturated carbocycles. The number of piperazine rings is 1. The molecule has 28 heavy (non-hydrogen) atoms. The Morgan fingerprint density at radius 1 is 0.929 bits per heavy atom. The molecule has 0 aromatic carbocycles. The summed E-state index contributed by atoms with van der Waals surface area (Å²) in [6, 6.07) is 3.58. The van der Waals surface area contributed by atoms with Gasteiger partial charge in [-0.3, -0.25) is 19.2 Å². The van der Waals surface area contributed by atoms with Crippen LogP contribution in [-0.4, -0.2) is 90.8 Å². The van der Waals surface area contributed by atoms with Crippen LogP contribution in [-0.2, 0) is 25.7 Å². The summed E-state index contributed by atoms with van der Waals surface area (Å²) in [5.74, 6) is -1.22. The molecule has 0 radical (unpaired) electrons. The van der Waals surface area contributed by atoms with Crippen LogP contribution >= 0.6 is 11.3 Å². The minimum Gasteiger partial charge on any atom is -0.378 e. The SMILES string of the molecule is CC(=O)NCc1ccc(C(=O)N2CCN(C(=O)C(=O)N3CCOCC3)CC2)s1. The molecule has 1 N–H and O–H groups in total. The Labute approximate surface area is 167 Å². The summed E-state index contributed by atoms with van der Waals surface area (Å²) in [4.78, 5) is 54.6. The summed E-state index contributed by atoms with van der Waals surface area (Å²) in [5.41, 5.74) is 0. The molecule has 2 saturated heterocycles. The molecular weight excluding hydrogens is 384 g/mol. The number of nitrogens with zero attached hydrogens (tertiary/aromatic N) is 3. The molecule has 10 heteroatoms. The van der Waals surface area contributed by atoms with Crippen LogP contribution in [0.25, 0.3) is 0 Å². The largest absolute Gasteiger partial charge is 0.378 e. The third-order valence-electron chi connectivity index (χ3n) is 4.72. The van der Waals surface area contributed by atoms with E-state index in [2.05, 4.69) is 5.32 Å². The zero-order valence-electron chi connectivity index (χ0n) is 15.8. The van der Waals surface area contributed by atoms with Crippen molar-refractivity contribution in [2.24, 2.45) is 0 Å². The Morgan fingerprint density at radius 2 is 1.50 bits per heavy atom. The third kappa shape index (κ3) is 4.87. The number of rotatable bonds is 3. The minimum atomic E-state index is -0.511. The quantitative estimate of drug-likeness (QED) is 0.682. The van der Waals surface area contributed by atoms with Crippen molar-refractivity contribution in [1.29, 1.82) is 0 Å². The second kappa shape index (κ2) is 9.16. The van der Waals surface area contributed by atoms with Crippen LogP contribution in [0.3, 0.4) is 0 Å². The van der Waals surface area contributed by atoms with E-state index >= 15 is 0 Å². The summed E-state index contributed by atoms with van der Waals surface area (Å²) in [6.07, 6.45) is 0. The molecule has 9 nitrogen and oxygen atoms in total. The molecular formula is C18H24N4O5S. The van der Waals surface area contributed by atoms with Gasteiger partial charge in [-0.2, -0.15) is 0 Å². The van der Waals surface area contributed by atoms with E-state index in [0.29, 0.717) is 63.9 Å². The molecule has 3 heterocycles. The summed E-state index contributed by atoms with van der Waals surface area (Å²) in [6.45, 7) is 5.07. The fraction of sp³-hybridized carbons (Fsp3) is 0.556. The first-order valence-corrected chi connectivity index (χ1v) is 10.1. The van der Waals surface area contributed by atoms with E-state index in [9.17, 15) is 19.2 Å². The van der Waals surface area contributed by atoms with Crippen LogP contribution in [0.1, 0.15) is 21.5 Å². The van der Waals surface area contributed by atoms with Crippen molar-refractivity contribution < 1.29 is 23.9 Å². The number of hydrogen-bond acceptors (Lipinski definition) is 6. The van der Waals surface area contributed by atoms with Crippen LogP contribution < -0.4 is 5.32 Å². The number of nitrogens with one attached hydrogen (secondary N) is 1. The predicted molar refractivity (Wildman–Crippen MR) is 102 cm³/mol. The Morgan fingerprint density at radius 3 is 2.11 bits per heavy atom. The van der Waals surface area contributed by atoms with Gasteiger partial charge < -0.3 is 24.8 Å². The molecule has 4 amide bonds. The lowest BCUT2D eigenvalue weighted by Gasteiger charge is -2.35. The lowest BCUT2D eigenvalue weighted by atomic mass is 10.2. The summed E-state index contributed by atoms with van der Waals surface area (Å²) in [7, 11) is 0. The van der Waals surface area contributed by atoms with E-state index in [-0.39, 0.29) is 11.8 Å². The minimum absolute atomic E-state index is 0.0920. The van der Waals surface area contributed by atoms with Crippen molar-refractivity contribution in [1.82, 2.24) is 20.0 Å². The first-order valence-electron chi connectivity index (χ1n) is 9.24. The number of morpholine rings is 1. The number of carbonyl (C=O) groups is 4. The highest BCUT2D eigenvalue weighted by Gasteiger charge is 2.31. The van der Waals surface area contributed by atoms with E-state index in [1.165, 1.54) is 28.1 Å². The second-order valence-electron chi connectivity index (χ2n) is 6.66. The highest BCUT2D eigenvalue weighted by Crippen LogP contribution is 2.19. The van der Waals surface area contributed by atoms with Crippen molar-refractivity contribution in [3.8, 4) is 0 Å². The molecule has 0 bridgehead atoms. The van der Waals surface area contributed by atoms with Gasteiger partial charge in [-0.25, -0.2) is 0 Å². The fourth-order valence-electron chi connectivity index (χ4n) is 3.10. The zero-order chi connectivity index (χ0) is 20.1. The van der Waals surface area contributed by atoms with Crippen LogP contribution in [0.2, 0.25) is 0 Å². The van der Waals surface area contributed by atoms with Gasteiger partial charge in [0.1, 0.15) is 0 Å². The fourth-order valence-corrected chi connectivity index (χ4v) is 4.02. The van der Waals surface area contributed by atoms with Crippen molar-refractivity contribution in [3.63, 3.8) is 0 Å². The first-order chi connectivity index (χ1) is 13.5. The van der Waals surface area contributed by atoms with E-state index in [1.54, 1.807) is 11.0 Å². The summed E-state index contributed by atoms with van der Waals surface area (Å²) in [5, 5.41) is 2.71. The zero-order valence-corrected chi connectivity index (χ0v) is 16.6. The topological polar surface area (TPSA) is 99.3 Å². The molecule has 1 aromatic rings. The molecule has 1 aromatic heterocycles. The lowest BCUT2D eigenvalue weighted by Crippen LogP contribution is -2.55. The molecule has 3 rings (SSSR count). The molecule has 2 fully saturated rings. The Hall–Kier alpha value is -2.46. The Kier molecular flexibility index (Phi) is 6.63. The van der Waals surface area contributed by atoms with E-state index in [1.807, 2.05) is 6.07 Å². The number of ether oxygens (including phenoxy) is 1.